The zero-order valence-electron chi connectivity index (χ0n) is 19.2. The summed E-state index contributed by atoms with van der Waals surface area (Å²) < 4.78 is 31.6. The molecule has 0 atom stereocenters. The zero-order chi connectivity index (χ0) is 24.9. The average molecular weight is 482 g/mol. The Morgan fingerprint density at radius 2 is 1.65 bits per heavy atom. The van der Waals surface area contributed by atoms with Gasteiger partial charge in [-0.15, -0.1) is 0 Å². The van der Waals surface area contributed by atoms with Gasteiger partial charge in [-0.05, 0) is 73.5 Å². The number of ether oxygens (including phenoxy) is 1. The molecule has 0 saturated carbocycles. The summed E-state index contributed by atoms with van der Waals surface area (Å²) in [5.74, 6) is -0.268. The van der Waals surface area contributed by atoms with Gasteiger partial charge in [0.15, 0.2) is 0 Å². The fourth-order valence-corrected chi connectivity index (χ4v) is 4.32. The average Bonchev–Trinajstić information content (AvgIpc) is 2.79. The first-order valence-corrected chi connectivity index (χ1v) is 12.4. The van der Waals surface area contributed by atoms with E-state index in [-0.39, 0.29) is 12.5 Å². The molecule has 0 aromatic heterocycles. The van der Waals surface area contributed by atoms with Gasteiger partial charge in [-0.25, -0.2) is 8.42 Å². The highest BCUT2D eigenvalue weighted by molar-refractivity contribution is 7.92. The number of nitrogens with zero attached hydrogens (tertiary/aromatic N) is 1. The second-order valence-corrected chi connectivity index (χ2v) is 9.60. The number of anilines is 2. The number of hydrogen-bond acceptors (Lipinski definition) is 5. The third-order valence-electron chi connectivity index (χ3n) is 5.23. The summed E-state index contributed by atoms with van der Waals surface area (Å²) in [6, 6.07) is 18.4. The Morgan fingerprint density at radius 1 is 1.00 bits per heavy atom. The molecule has 0 radical (unpaired) electrons. The molecular formula is C25H27N3O5S. The maximum Gasteiger partial charge on any atom is 0.255 e. The first-order chi connectivity index (χ1) is 16.1. The third-order valence-corrected chi connectivity index (χ3v) is 6.37. The lowest BCUT2D eigenvalue weighted by molar-refractivity contribution is 0.0995. The van der Waals surface area contributed by atoms with Crippen molar-refractivity contribution in [1.82, 2.24) is 0 Å². The number of sulfonamides is 1. The van der Waals surface area contributed by atoms with Gasteiger partial charge in [0, 0.05) is 16.8 Å². The monoisotopic (exact) mass is 481 g/mol. The van der Waals surface area contributed by atoms with Crippen LogP contribution in [0.15, 0.2) is 66.7 Å². The normalized spacial score (nSPS) is 11.0. The Kier molecular flexibility index (Phi) is 7.57. The SMILES string of the molecule is CCOc1ccc(N(Cc2ccc(C(=O)Nc3cccc(C(N)=O)c3C)cc2)S(C)(=O)=O)cc1. The molecule has 0 bridgehead atoms. The molecule has 8 nitrogen and oxygen atoms in total. The molecule has 0 heterocycles. The number of hydrogen-bond donors (Lipinski definition) is 2. The van der Waals surface area contributed by atoms with Crippen LogP contribution in [-0.4, -0.2) is 33.1 Å². The second kappa shape index (κ2) is 10.4. The second-order valence-electron chi connectivity index (χ2n) is 7.69. The first kappa shape index (κ1) is 24.8. The highest BCUT2D eigenvalue weighted by Gasteiger charge is 2.19. The van der Waals surface area contributed by atoms with Crippen LogP contribution in [0.3, 0.4) is 0 Å². The summed E-state index contributed by atoms with van der Waals surface area (Å²) in [6.45, 7) is 4.21. The molecule has 3 rings (SSSR count). The van der Waals surface area contributed by atoms with E-state index in [1.165, 1.54) is 4.31 Å². The molecule has 3 aromatic rings. The molecule has 0 aliphatic heterocycles. The number of nitrogens with one attached hydrogen (secondary N) is 1. The van der Waals surface area contributed by atoms with Crippen molar-refractivity contribution in [2.24, 2.45) is 5.73 Å². The molecule has 0 aliphatic carbocycles. The van der Waals surface area contributed by atoms with E-state index in [2.05, 4.69) is 5.32 Å². The van der Waals surface area contributed by atoms with E-state index in [1.54, 1.807) is 73.7 Å². The van der Waals surface area contributed by atoms with Gasteiger partial charge in [0.1, 0.15) is 5.75 Å². The molecular weight excluding hydrogens is 454 g/mol. The summed E-state index contributed by atoms with van der Waals surface area (Å²) in [5, 5.41) is 2.78. The van der Waals surface area contributed by atoms with Crippen LogP contribution in [0.25, 0.3) is 0 Å². The molecule has 0 fully saturated rings. The topological polar surface area (TPSA) is 119 Å². The van der Waals surface area contributed by atoms with E-state index in [0.29, 0.717) is 46.0 Å². The Labute approximate surface area is 199 Å². The smallest absolute Gasteiger partial charge is 0.255 e. The number of rotatable bonds is 9. The molecule has 2 amide bonds. The Bertz CT molecular complexity index is 1290. The van der Waals surface area contributed by atoms with E-state index in [0.717, 1.165) is 6.26 Å². The van der Waals surface area contributed by atoms with Crippen LogP contribution in [0.5, 0.6) is 5.75 Å². The molecule has 178 valence electrons. The number of primary amides is 1. The van der Waals surface area contributed by atoms with Crippen molar-refractivity contribution in [2.45, 2.75) is 20.4 Å². The van der Waals surface area contributed by atoms with Crippen molar-refractivity contribution in [1.29, 1.82) is 0 Å². The number of amides is 2. The molecule has 34 heavy (non-hydrogen) atoms. The highest BCUT2D eigenvalue weighted by Crippen LogP contribution is 2.24. The van der Waals surface area contributed by atoms with Crippen LogP contribution in [0.4, 0.5) is 11.4 Å². The number of nitrogens with two attached hydrogens (primary N) is 1. The lowest BCUT2D eigenvalue weighted by Gasteiger charge is -2.23. The van der Waals surface area contributed by atoms with Crippen molar-refractivity contribution in [2.75, 3.05) is 22.5 Å². The van der Waals surface area contributed by atoms with Gasteiger partial charge in [0.05, 0.1) is 25.1 Å². The lowest BCUT2D eigenvalue weighted by atomic mass is 10.1. The fourth-order valence-electron chi connectivity index (χ4n) is 3.44. The Balaban J connectivity index is 1.77. The van der Waals surface area contributed by atoms with Crippen LogP contribution in [0.1, 0.15) is 38.8 Å². The minimum atomic E-state index is -3.55. The summed E-state index contributed by atoms with van der Waals surface area (Å²) in [6.07, 6.45) is 1.15. The quantitative estimate of drug-likeness (QED) is 0.483. The predicted molar refractivity (Wildman–Crippen MR) is 133 cm³/mol. The minimum Gasteiger partial charge on any atom is -0.494 e. The summed E-state index contributed by atoms with van der Waals surface area (Å²) in [4.78, 5) is 24.2. The van der Waals surface area contributed by atoms with Crippen LogP contribution >= 0.6 is 0 Å². The van der Waals surface area contributed by atoms with Crippen molar-refractivity contribution < 1.29 is 22.7 Å². The van der Waals surface area contributed by atoms with Gasteiger partial charge in [-0.1, -0.05) is 18.2 Å². The lowest BCUT2D eigenvalue weighted by Crippen LogP contribution is -2.29. The standard InChI is InChI=1S/C25H27N3O5S/c1-4-33-21-14-12-20(13-15-21)28(34(3,31)32)16-18-8-10-19(11-9-18)25(30)27-23-7-5-6-22(17(23)2)24(26)29/h5-15H,4,16H2,1-3H3,(H2,26,29)(H,27,30). The van der Waals surface area contributed by atoms with E-state index in [4.69, 9.17) is 10.5 Å². The van der Waals surface area contributed by atoms with Crippen molar-refractivity contribution in [3.63, 3.8) is 0 Å². The molecule has 0 spiro atoms. The summed E-state index contributed by atoms with van der Waals surface area (Å²) >= 11 is 0. The number of carbonyl (C=O) groups excluding carboxylic acids is 2. The van der Waals surface area contributed by atoms with Crippen LogP contribution in [0, 0.1) is 6.92 Å². The van der Waals surface area contributed by atoms with E-state index in [1.807, 2.05) is 6.92 Å². The molecule has 0 aliphatic rings. The van der Waals surface area contributed by atoms with E-state index in [9.17, 15) is 18.0 Å². The Morgan fingerprint density at radius 3 is 2.21 bits per heavy atom. The van der Waals surface area contributed by atoms with Gasteiger partial charge >= 0.3 is 0 Å². The first-order valence-electron chi connectivity index (χ1n) is 10.6. The largest absolute Gasteiger partial charge is 0.494 e. The number of benzene rings is 3. The Hall–Kier alpha value is -3.85. The summed E-state index contributed by atoms with van der Waals surface area (Å²) in [7, 11) is -3.55. The predicted octanol–water partition coefficient (Wildman–Crippen LogP) is 3.71. The van der Waals surface area contributed by atoms with Gasteiger partial charge in [-0.2, -0.15) is 0 Å². The third kappa shape index (κ3) is 5.93. The van der Waals surface area contributed by atoms with Crippen molar-refractivity contribution in [3.05, 3.63) is 89.0 Å². The zero-order valence-corrected chi connectivity index (χ0v) is 20.1. The van der Waals surface area contributed by atoms with Crippen molar-refractivity contribution in [3.8, 4) is 5.75 Å². The van der Waals surface area contributed by atoms with Gasteiger partial charge in [-0.3, -0.25) is 13.9 Å². The molecule has 9 heteroatoms. The fraction of sp³-hybridized carbons (Fsp3) is 0.200. The van der Waals surface area contributed by atoms with E-state index < -0.39 is 15.9 Å². The minimum absolute atomic E-state index is 0.106. The van der Waals surface area contributed by atoms with Gasteiger partial charge < -0.3 is 15.8 Å². The maximum atomic E-state index is 12.7. The molecule has 3 N–H and O–H groups in total. The van der Waals surface area contributed by atoms with Crippen LogP contribution in [-0.2, 0) is 16.6 Å². The van der Waals surface area contributed by atoms with Crippen molar-refractivity contribution >= 4 is 33.2 Å². The summed E-state index contributed by atoms with van der Waals surface area (Å²) in [5.41, 5.74) is 8.39. The maximum absolute atomic E-state index is 12.7. The molecule has 0 unspecified atom stereocenters. The van der Waals surface area contributed by atoms with Gasteiger partial charge in [0.25, 0.3) is 5.91 Å². The van der Waals surface area contributed by atoms with E-state index >= 15 is 0 Å². The molecule has 0 saturated heterocycles. The van der Waals surface area contributed by atoms with Crippen LogP contribution in [0.2, 0.25) is 0 Å². The van der Waals surface area contributed by atoms with Crippen LogP contribution < -0.4 is 20.1 Å². The highest BCUT2D eigenvalue weighted by atomic mass is 32.2. The van der Waals surface area contributed by atoms with Gasteiger partial charge in [0.2, 0.25) is 15.9 Å². The number of carbonyl (C=O) groups is 2. The molecule has 3 aromatic carbocycles.